The molecule has 0 atom stereocenters. The van der Waals surface area contributed by atoms with E-state index in [1.54, 1.807) is 6.07 Å². The number of halogens is 1. The van der Waals surface area contributed by atoms with Gasteiger partial charge >= 0.3 is 0 Å². The number of nitrogens with one attached hydrogen (secondary N) is 1. The molecule has 1 aromatic rings. The number of hydrogen-bond donors (Lipinski definition) is 1. The highest BCUT2D eigenvalue weighted by molar-refractivity contribution is 9.10. The smallest absolute Gasteiger partial charge is 0.270 e. The Morgan fingerprint density at radius 2 is 2.17 bits per heavy atom. The number of ether oxygens (including phenoxy) is 1. The third-order valence-electron chi connectivity index (χ3n) is 3.06. The van der Waals surface area contributed by atoms with Gasteiger partial charge in [0.05, 0.1) is 16.0 Å². The molecule has 1 aliphatic rings. The summed E-state index contributed by atoms with van der Waals surface area (Å²) >= 11 is 3.30. The molecule has 1 aromatic carbocycles. The van der Waals surface area contributed by atoms with E-state index in [4.69, 9.17) is 4.74 Å². The Balaban J connectivity index is 1.94. The molecule has 0 unspecified atom stereocenters. The largest absolute Gasteiger partial charge is 0.492 e. The summed E-state index contributed by atoms with van der Waals surface area (Å²) < 4.78 is 6.34. The zero-order valence-corrected chi connectivity index (χ0v) is 11.5. The molecule has 0 amide bonds. The van der Waals surface area contributed by atoms with Gasteiger partial charge in [-0.15, -0.1) is 0 Å². The van der Waals surface area contributed by atoms with Gasteiger partial charge in [-0.2, -0.15) is 0 Å². The van der Waals surface area contributed by atoms with Crippen LogP contribution in [0.4, 0.5) is 5.69 Å². The maximum absolute atomic E-state index is 10.6. The van der Waals surface area contributed by atoms with Crippen molar-refractivity contribution >= 4 is 21.6 Å². The number of hydrogen-bond acceptors (Lipinski definition) is 4. The summed E-state index contributed by atoms with van der Waals surface area (Å²) in [4.78, 5) is 10.2. The fourth-order valence-electron chi connectivity index (χ4n) is 1.98. The molecule has 0 spiro atoms. The molecule has 2 rings (SSSR count). The Labute approximate surface area is 114 Å². The molecule has 0 saturated carbocycles. The topological polar surface area (TPSA) is 64.4 Å². The first kappa shape index (κ1) is 13.3. The van der Waals surface area contributed by atoms with Gasteiger partial charge in [-0.1, -0.05) is 0 Å². The van der Waals surface area contributed by atoms with Crippen LogP contribution < -0.4 is 10.1 Å². The monoisotopic (exact) mass is 314 g/mol. The van der Waals surface area contributed by atoms with Crippen LogP contribution in [0, 0.1) is 16.0 Å². The highest BCUT2D eigenvalue weighted by Crippen LogP contribution is 2.29. The molecule has 0 radical (unpaired) electrons. The first-order valence-electron chi connectivity index (χ1n) is 5.94. The summed E-state index contributed by atoms with van der Waals surface area (Å²) in [5.74, 6) is 1.23. The van der Waals surface area contributed by atoms with Gasteiger partial charge in [0.15, 0.2) is 0 Å². The summed E-state index contributed by atoms with van der Waals surface area (Å²) in [6.45, 7) is 2.74. The van der Waals surface area contributed by atoms with Crippen molar-refractivity contribution in [1.82, 2.24) is 5.32 Å². The van der Waals surface area contributed by atoms with Gasteiger partial charge in [0.25, 0.3) is 5.69 Å². The molecule has 1 aliphatic heterocycles. The van der Waals surface area contributed by atoms with Crippen LogP contribution in [0.25, 0.3) is 0 Å². The quantitative estimate of drug-likeness (QED) is 0.685. The Hall–Kier alpha value is -1.14. The number of nitrogens with zero attached hydrogens (tertiary/aromatic N) is 1. The Bertz CT molecular complexity index is 433. The second-order valence-corrected chi connectivity index (χ2v) is 5.23. The van der Waals surface area contributed by atoms with E-state index < -0.39 is 4.92 Å². The maximum atomic E-state index is 10.6. The zero-order chi connectivity index (χ0) is 13.0. The fourth-order valence-corrected chi connectivity index (χ4v) is 2.46. The minimum absolute atomic E-state index is 0.0658. The van der Waals surface area contributed by atoms with Crippen LogP contribution in [0.2, 0.25) is 0 Å². The van der Waals surface area contributed by atoms with Crippen LogP contribution in [0.15, 0.2) is 22.7 Å². The molecule has 98 valence electrons. The normalized spacial score (nSPS) is 16.5. The van der Waals surface area contributed by atoms with Gasteiger partial charge in [-0.25, -0.2) is 0 Å². The lowest BCUT2D eigenvalue weighted by molar-refractivity contribution is -0.385. The predicted molar refractivity (Wildman–Crippen MR) is 71.9 cm³/mol. The molecule has 18 heavy (non-hydrogen) atoms. The number of nitro groups is 1. The average Bonchev–Trinajstić information content (AvgIpc) is 2.38. The molecular weight excluding hydrogens is 300 g/mol. The van der Waals surface area contributed by atoms with Crippen molar-refractivity contribution in [1.29, 1.82) is 0 Å². The van der Waals surface area contributed by atoms with Crippen LogP contribution in [0.3, 0.4) is 0 Å². The van der Waals surface area contributed by atoms with E-state index in [1.165, 1.54) is 12.1 Å². The van der Waals surface area contributed by atoms with Gasteiger partial charge in [-0.3, -0.25) is 10.1 Å². The highest BCUT2D eigenvalue weighted by atomic mass is 79.9. The first-order chi connectivity index (χ1) is 8.66. The van der Waals surface area contributed by atoms with Crippen LogP contribution >= 0.6 is 15.9 Å². The van der Waals surface area contributed by atoms with Crippen molar-refractivity contribution in [3.63, 3.8) is 0 Å². The molecule has 5 nitrogen and oxygen atoms in total. The summed E-state index contributed by atoms with van der Waals surface area (Å²) in [5.41, 5.74) is 0.0658. The number of nitro benzene ring substituents is 1. The van der Waals surface area contributed by atoms with Gasteiger partial charge in [0.1, 0.15) is 5.75 Å². The minimum atomic E-state index is -0.415. The van der Waals surface area contributed by atoms with Crippen molar-refractivity contribution < 1.29 is 9.66 Å². The van der Waals surface area contributed by atoms with Gasteiger partial charge in [0.2, 0.25) is 0 Å². The van der Waals surface area contributed by atoms with Crippen molar-refractivity contribution in [2.24, 2.45) is 5.92 Å². The van der Waals surface area contributed by atoms with Crippen molar-refractivity contribution in [3.05, 3.63) is 32.8 Å². The third-order valence-corrected chi connectivity index (χ3v) is 3.68. The minimum Gasteiger partial charge on any atom is -0.492 e. The summed E-state index contributed by atoms with van der Waals surface area (Å²) in [5, 5.41) is 13.9. The second kappa shape index (κ2) is 6.15. The van der Waals surface area contributed by atoms with Crippen molar-refractivity contribution in [2.75, 3.05) is 19.7 Å². The molecule has 0 aromatic heterocycles. The van der Waals surface area contributed by atoms with E-state index in [-0.39, 0.29) is 5.69 Å². The number of piperidine rings is 1. The highest BCUT2D eigenvalue weighted by Gasteiger charge is 2.15. The molecule has 1 saturated heterocycles. The Morgan fingerprint density at radius 1 is 1.44 bits per heavy atom. The number of rotatable bonds is 4. The summed E-state index contributed by atoms with van der Waals surface area (Å²) in [6.07, 6.45) is 2.23. The molecule has 6 heteroatoms. The van der Waals surface area contributed by atoms with Crippen molar-refractivity contribution in [2.45, 2.75) is 12.8 Å². The first-order valence-corrected chi connectivity index (χ1v) is 6.73. The van der Waals surface area contributed by atoms with Crippen LogP contribution in [0.5, 0.6) is 5.75 Å². The van der Waals surface area contributed by atoms with E-state index in [2.05, 4.69) is 21.2 Å². The predicted octanol–water partition coefficient (Wildman–Crippen LogP) is 2.74. The van der Waals surface area contributed by atoms with Crippen LogP contribution in [-0.2, 0) is 0 Å². The second-order valence-electron chi connectivity index (χ2n) is 4.38. The lowest BCUT2D eigenvalue weighted by Crippen LogP contribution is -2.30. The lowest BCUT2D eigenvalue weighted by Gasteiger charge is -2.22. The third kappa shape index (κ3) is 3.43. The standard InChI is InChI=1S/C12H15BrN2O3/c13-11-7-10(15(16)17)1-2-12(11)18-8-9-3-5-14-6-4-9/h1-2,7,9,14H,3-6,8H2. The zero-order valence-electron chi connectivity index (χ0n) is 9.89. The molecule has 0 bridgehead atoms. The molecule has 0 aliphatic carbocycles. The van der Waals surface area contributed by atoms with E-state index in [1.807, 2.05) is 0 Å². The van der Waals surface area contributed by atoms with Gasteiger partial charge in [0, 0.05) is 12.1 Å². The average molecular weight is 315 g/mol. The molecule has 1 heterocycles. The number of benzene rings is 1. The van der Waals surface area contributed by atoms with Crippen LogP contribution in [-0.4, -0.2) is 24.6 Å². The van der Waals surface area contributed by atoms with E-state index in [0.717, 1.165) is 25.9 Å². The van der Waals surface area contributed by atoms with E-state index >= 15 is 0 Å². The van der Waals surface area contributed by atoms with Crippen molar-refractivity contribution in [3.8, 4) is 5.75 Å². The summed E-state index contributed by atoms with van der Waals surface area (Å²) in [7, 11) is 0. The van der Waals surface area contributed by atoms with Crippen LogP contribution in [0.1, 0.15) is 12.8 Å². The van der Waals surface area contributed by atoms with Gasteiger partial charge < -0.3 is 10.1 Å². The van der Waals surface area contributed by atoms with Gasteiger partial charge in [-0.05, 0) is 53.8 Å². The SMILES string of the molecule is O=[N+]([O-])c1ccc(OCC2CCNCC2)c(Br)c1. The Morgan fingerprint density at radius 3 is 2.78 bits per heavy atom. The fraction of sp³-hybridized carbons (Fsp3) is 0.500. The Kier molecular flexibility index (Phi) is 4.54. The van der Waals surface area contributed by atoms with E-state index in [0.29, 0.717) is 22.7 Å². The summed E-state index contributed by atoms with van der Waals surface area (Å²) in [6, 6.07) is 4.57. The number of non-ortho nitro benzene ring substituents is 1. The molecular formula is C12H15BrN2O3. The van der Waals surface area contributed by atoms with E-state index in [9.17, 15) is 10.1 Å². The lowest BCUT2D eigenvalue weighted by atomic mass is 9.99. The molecule has 1 fully saturated rings. The molecule has 1 N–H and O–H groups in total. The maximum Gasteiger partial charge on any atom is 0.270 e.